The molecule has 3 nitrogen and oxygen atoms in total. The minimum Gasteiger partial charge on any atom is -0.302 e. The first-order valence-corrected chi connectivity index (χ1v) is 6.05. The monoisotopic (exact) mass is 249 g/mol. The largest absolute Gasteiger partial charge is 0.302 e. The summed E-state index contributed by atoms with van der Waals surface area (Å²) >= 11 is 5.98. The van der Waals surface area contributed by atoms with Gasteiger partial charge in [-0.15, -0.1) is 0 Å². The van der Waals surface area contributed by atoms with E-state index in [4.69, 9.17) is 11.6 Å². The van der Waals surface area contributed by atoms with Crippen LogP contribution in [0.15, 0.2) is 36.5 Å². The van der Waals surface area contributed by atoms with Gasteiger partial charge in [0.25, 0.3) is 0 Å². The van der Waals surface area contributed by atoms with Crippen molar-refractivity contribution >= 4 is 11.6 Å². The lowest BCUT2D eigenvalue weighted by molar-refractivity contribution is 0.486. The highest BCUT2D eigenvalue weighted by Gasteiger charge is 2.11. The van der Waals surface area contributed by atoms with Crippen molar-refractivity contribution in [1.82, 2.24) is 15.5 Å². The second-order valence-corrected chi connectivity index (χ2v) is 4.61. The Bertz CT molecular complexity index is 467. The van der Waals surface area contributed by atoms with Crippen LogP contribution in [0.5, 0.6) is 0 Å². The van der Waals surface area contributed by atoms with E-state index < -0.39 is 0 Å². The van der Waals surface area contributed by atoms with Crippen molar-refractivity contribution in [2.75, 3.05) is 0 Å². The molecule has 0 aliphatic rings. The lowest BCUT2D eigenvalue weighted by Gasteiger charge is -2.19. The van der Waals surface area contributed by atoms with Gasteiger partial charge in [0.05, 0.1) is 5.69 Å². The van der Waals surface area contributed by atoms with Gasteiger partial charge in [-0.05, 0) is 37.6 Å². The Kier molecular flexibility index (Phi) is 3.82. The highest BCUT2D eigenvalue weighted by atomic mass is 35.5. The number of halogens is 1. The molecule has 2 N–H and O–H groups in total. The average Bonchev–Trinajstić information content (AvgIpc) is 2.82. The van der Waals surface area contributed by atoms with Crippen LogP contribution in [0.25, 0.3) is 0 Å². The zero-order valence-corrected chi connectivity index (χ0v) is 10.7. The molecule has 1 aromatic heterocycles. The molecule has 1 heterocycles. The van der Waals surface area contributed by atoms with E-state index in [9.17, 15) is 0 Å². The molecule has 2 rings (SSSR count). The first-order valence-electron chi connectivity index (χ1n) is 5.67. The number of nitrogens with zero attached hydrogens (tertiary/aromatic N) is 1. The van der Waals surface area contributed by atoms with Gasteiger partial charge in [-0.25, -0.2) is 0 Å². The zero-order chi connectivity index (χ0) is 12.3. The quantitative estimate of drug-likeness (QED) is 0.871. The van der Waals surface area contributed by atoms with Crippen LogP contribution in [0, 0.1) is 0 Å². The van der Waals surface area contributed by atoms with Gasteiger partial charge < -0.3 is 5.32 Å². The predicted molar refractivity (Wildman–Crippen MR) is 70.0 cm³/mol. The van der Waals surface area contributed by atoms with Crippen LogP contribution in [0.3, 0.4) is 0 Å². The number of hydrogen-bond acceptors (Lipinski definition) is 2. The van der Waals surface area contributed by atoms with Crippen molar-refractivity contribution in [3.05, 3.63) is 52.8 Å². The fraction of sp³-hybridized carbons (Fsp3) is 0.308. The standard InChI is InChI=1S/C13H16ClN3/c1-9(11-4-3-5-12(14)8-11)16-10(2)13-6-7-15-17-13/h3-10,16H,1-2H3,(H,15,17)/t9-,10?/m1/s1. The van der Waals surface area contributed by atoms with Crippen molar-refractivity contribution in [2.24, 2.45) is 0 Å². The molecule has 2 aromatic rings. The van der Waals surface area contributed by atoms with Crippen LogP contribution >= 0.6 is 11.6 Å². The third-order valence-electron chi connectivity index (χ3n) is 2.84. The maximum atomic E-state index is 5.98. The van der Waals surface area contributed by atoms with E-state index in [1.807, 2.05) is 24.3 Å². The SMILES string of the molecule is CC(N[C@H](C)c1cccc(Cl)c1)c1ccn[nH]1. The Morgan fingerprint density at radius 1 is 1.24 bits per heavy atom. The first kappa shape index (κ1) is 12.1. The minimum absolute atomic E-state index is 0.228. The average molecular weight is 250 g/mol. The fourth-order valence-electron chi connectivity index (χ4n) is 1.84. The molecule has 0 fully saturated rings. The van der Waals surface area contributed by atoms with Gasteiger partial charge in [0.15, 0.2) is 0 Å². The summed E-state index contributed by atoms with van der Waals surface area (Å²) in [6.07, 6.45) is 1.76. The molecule has 0 spiro atoms. The van der Waals surface area contributed by atoms with Crippen LogP contribution in [0.1, 0.15) is 37.2 Å². The maximum absolute atomic E-state index is 5.98. The van der Waals surface area contributed by atoms with E-state index in [0.717, 1.165) is 10.7 Å². The Labute approximate surface area is 106 Å². The van der Waals surface area contributed by atoms with Gasteiger partial charge in [0, 0.05) is 23.3 Å². The molecule has 1 aromatic carbocycles. The van der Waals surface area contributed by atoms with Crippen LogP contribution in [-0.4, -0.2) is 10.2 Å². The fourth-order valence-corrected chi connectivity index (χ4v) is 2.04. The maximum Gasteiger partial charge on any atom is 0.0518 e. The molecule has 1 unspecified atom stereocenters. The molecular formula is C13H16ClN3. The number of benzene rings is 1. The molecule has 90 valence electrons. The van der Waals surface area contributed by atoms with Crippen LogP contribution in [0.4, 0.5) is 0 Å². The second kappa shape index (κ2) is 5.34. The third kappa shape index (κ3) is 3.08. The zero-order valence-electron chi connectivity index (χ0n) is 9.94. The molecule has 0 amide bonds. The topological polar surface area (TPSA) is 40.7 Å². The summed E-state index contributed by atoms with van der Waals surface area (Å²) in [4.78, 5) is 0. The van der Waals surface area contributed by atoms with Crippen molar-refractivity contribution in [2.45, 2.75) is 25.9 Å². The molecule has 4 heteroatoms. The molecule has 0 saturated heterocycles. The van der Waals surface area contributed by atoms with Crippen LogP contribution in [-0.2, 0) is 0 Å². The van der Waals surface area contributed by atoms with Gasteiger partial charge in [-0.3, -0.25) is 5.10 Å². The number of nitrogens with one attached hydrogen (secondary N) is 2. The first-order chi connectivity index (χ1) is 8.16. The van der Waals surface area contributed by atoms with Gasteiger partial charge in [0.2, 0.25) is 0 Å². The summed E-state index contributed by atoms with van der Waals surface area (Å²) in [7, 11) is 0. The van der Waals surface area contributed by atoms with Crippen LogP contribution < -0.4 is 5.32 Å². The van der Waals surface area contributed by atoms with Gasteiger partial charge in [-0.1, -0.05) is 23.7 Å². The van der Waals surface area contributed by atoms with Crippen molar-refractivity contribution in [3.63, 3.8) is 0 Å². The molecule has 0 radical (unpaired) electrons. The van der Waals surface area contributed by atoms with E-state index in [0.29, 0.717) is 0 Å². The smallest absolute Gasteiger partial charge is 0.0518 e. The molecule has 0 aliphatic carbocycles. The lowest BCUT2D eigenvalue weighted by atomic mass is 10.1. The molecule has 17 heavy (non-hydrogen) atoms. The summed E-state index contributed by atoms with van der Waals surface area (Å²) in [5.41, 5.74) is 2.27. The number of aromatic amines is 1. The highest BCUT2D eigenvalue weighted by Crippen LogP contribution is 2.20. The predicted octanol–water partition coefficient (Wildman–Crippen LogP) is 3.47. The summed E-state index contributed by atoms with van der Waals surface area (Å²) < 4.78 is 0. The van der Waals surface area contributed by atoms with E-state index in [2.05, 4.69) is 35.4 Å². The van der Waals surface area contributed by atoms with Gasteiger partial charge >= 0.3 is 0 Å². The number of aromatic nitrogens is 2. The van der Waals surface area contributed by atoms with Crippen molar-refractivity contribution < 1.29 is 0 Å². The van der Waals surface area contributed by atoms with E-state index in [1.165, 1.54) is 5.56 Å². The number of H-pyrrole nitrogens is 1. The van der Waals surface area contributed by atoms with Gasteiger partial charge in [-0.2, -0.15) is 5.10 Å². The molecule has 0 aliphatic heterocycles. The Morgan fingerprint density at radius 2 is 2.06 bits per heavy atom. The van der Waals surface area contributed by atoms with E-state index in [1.54, 1.807) is 6.20 Å². The summed E-state index contributed by atoms with van der Waals surface area (Å²) in [6, 6.07) is 10.4. The van der Waals surface area contributed by atoms with Crippen molar-refractivity contribution in [3.8, 4) is 0 Å². The summed E-state index contributed by atoms with van der Waals surface area (Å²) in [5, 5.41) is 11.2. The summed E-state index contributed by atoms with van der Waals surface area (Å²) in [6.45, 7) is 4.23. The molecule has 2 atom stereocenters. The molecule has 0 saturated carbocycles. The summed E-state index contributed by atoms with van der Waals surface area (Å²) in [5.74, 6) is 0. The van der Waals surface area contributed by atoms with E-state index in [-0.39, 0.29) is 12.1 Å². The lowest BCUT2D eigenvalue weighted by Crippen LogP contribution is -2.22. The number of hydrogen-bond donors (Lipinski definition) is 2. The molecular weight excluding hydrogens is 234 g/mol. The number of rotatable bonds is 4. The van der Waals surface area contributed by atoms with Crippen LogP contribution in [0.2, 0.25) is 5.02 Å². The highest BCUT2D eigenvalue weighted by molar-refractivity contribution is 6.30. The normalized spacial score (nSPS) is 14.5. The van der Waals surface area contributed by atoms with Gasteiger partial charge in [0.1, 0.15) is 0 Å². The Hall–Kier alpha value is -1.32. The second-order valence-electron chi connectivity index (χ2n) is 4.18. The third-order valence-corrected chi connectivity index (χ3v) is 3.07. The minimum atomic E-state index is 0.228. The van der Waals surface area contributed by atoms with Crippen molar-refractivity contribution in [1.29, 1.82) is 0 Å². The molecule has 0 bridgehead atoms. The Morgan fingerprint density at radius 3 is 2.71 bits per heavy atom. The Balaban J connectivity index is 2.04. The van der Waals surface area contributed by atoms with E-state index >= 15 is 0 Å².